The van der Waals surface area contributed by atoms with Gasteiger partial charge in [0.1, 0.15) is 5.58 Å². The third-order valence-electron chi connectivity index (χ3n) is 5.42. The van der Waals surface area contributed by atoms with Crippen LogP contribution in [0.15, 0.2) is 100 Å². The predicted molar refractivity (Wildman–Crippen MR) is 141 cm³/mol. The van der Waals surface area contributed by atoms with Gasteiger partial charge in [0.15, 0.2) is 5.11 Å². The summed E-state index contributed by atoms with van der Waals surface area (Å²) in [6, 6.07) is 27.3. The fourth-order valence-corrected chi connectivity index (χ4v) is 4.31. The maximum absolute atomic E-state index is 12.8. The van der Waals surface area contributed by atoms with E-state index in [0.29, 0.717) is 33.0 Å². The molecule has 34 heavy (non-hydrogen) atoms. The average molecular weight is 485 g/mol. The maximum Gasteiger partial charge on any atom is 0.344 e. The molecule has 1 amide bonds. The number of carbonyl (C=O) groups excluding carboxylic acids is 1. The first-order valence-corrected chi connectivity index (χ1v) is 11.2. The number of amides is 1. The zero-order valence-corrected chi connectivity index (χ0v) is 19.2. The second-order valence-electron chi connectivity index (χ2n) is 7.61. The van der Waals surface area contributed by atoms with Gasteiger partial charge < -0.3 is 9.73 Å². The molecule has 0 aliphatic heterocycles. The molecule has 0 radical (unpaired) electrons. The Morgan fingerprint density at radius 2 is 1.56 bits per heavy atom. The minimum absolute atomic E-state index is 0.131. The van der Waals surface area contributed by atoms with Crippen LogP contribution >= 0.6 is 23.8 Å². The standard InChI is InChI=1S/C27H17ClN2O3S/c28-23-15-18(12-13-20(23)22-14-17-7-2-4-11-24(17)33-26(22)32)29-27(34)30-25(31)21-10-5-8-16-6-1-3-9-19(16)21/h1-15H,(H2,29,30,31,34). The highest BCUT2D eigenvalue weighted by molar-refractivity contribution is 7.80. The highest BCUT2D eigenvalue weighted by Crippen LogP contribution is 2.30. The Kier molecular flexibility index (Phi) is 5.84. The number of rotatable bonds is 3. The molecule has 0 saturated carbocycles. The summed E-state index contributed by atoms with van der Waals surface area (Å²) in [4.78, 5) is 25.3. The van der Waals surface area contributed by atoms with Crippen LogP contribution in [0, 0.1) is 0 Å². The smallest absolute Gasteiger partial charge is 0.344 e. The monoisotopic (exact) mass is 484 g/mol. The van der Waals surface area contributed by atoms with E-state index in [1.54, 1.807) is 42.5 Å². The van der Waals surface area contributed by atoms with Crippen LogP contribution in [0.25, 0.3) is 32.9 Å². The first-order chi connectivity index (χ1) is 16.5. The van der Waals surface area contributed by atoms with Crippen molar-refractivity contribution >= 4 is 62.3 Å². The van der Waals surface area contributed by atoms with Crippen LogP contribution < -0.4 is 16.3 Å². The van der Waals surface area contributed by atoms with Crippen LogP contribution in [0.3, 0.4) is 0 Å². The molecule has 1 aromatic heterocycles. The lowest BCUT2D eigenvalue weighted by Gasteiger charge is -2.12. The molecule has 1 heterocycles. The van der Waals surface area contributed by atoms with E-state index < -0.39 is 5.63 Å². The molecule has 0 aliphatic carbocycles. The predicted octanol–water partition coefficient (Wildman–Crippen LogP) is 6.39. The highest BCUT2D eigenvalue weighted by atomic mass is 35.5. The molecule has 0 unspecified atom stereocenters. The quantitative estimate of drug-likeness (QED) is 0.229. The van der Waals surface area contributed by atoms with Gasteiger partial charge in [-0.25, -0.2) is 4.79 Å². The van der Waals surface area contributed by atoms with Gasteiger partial charge in [0.05, 0.1) is 10.6 Å². The Morgan fingerprint density at radius 1 is 0.824 bits per heavy atom. The van der Waals surface area contributed by atoms with E-state index in [0.717, 1.165) is 16.2 Å². The van der Waals surface area contributed by atoms with Crippen molar-refractivity contribution in [1.82, 2.24) is 5.32 Å². The van der Waals surface area contributed by atoms with Crippen molar-refractivity contribution in [3.8, 4) is 11.1 Å². The van der Waals surface area contributed by atoms with Crippen LogP contribution in [0.5, 0.6) is 0 Å². The Hall–Kier alpha value is -4.00. The van der Waals surface area contributed by atoms with E-state index in [4.69, 9.17) is 28.2 Å². The summed E-state index contributed by atoms with van der Waals surface area (Å²) in [5.74, 6) is -0.314. The molecule has 0 fully saturated rings. The van der Waals surface area contributed by atoms with E-state index in [-0.39, 0.29) is 11.0 Å². The number of anilines is 1. The fraction of sp³-hybridized carbons (Fsp3) is 0. The summed E-state index contributed by atoms with van der Waals surface area (Å²) >= 11 is 11.8. The zero-order chi connectivity index (χ0) is 23.7. The van der Waals surface area contributed by atoms with Gasteiger partial charge in [-0.2, -0.15) is 0 Å². The molecule has 7 heteroatoms. The van der Waals surface area contributed by atoms with Gasteiger partial charge in [-0.3, -0.25) is 10.1 Å². The van der Waals surface area contributed by atoms with Gasteiger partial charge in [-0.05, 0) is 53.3 Å². The van der Waals surface area contributed by atoms with Crippen molar-refractivity contribution in [2.24, 2.45) is 0 Å². The number of benzene rings is 4. The highest BCUT2D eigenvalue weighted by Gasteiger charge is 2.14. The summed E-state index contributed by atoms with van der Waals surface area (Å²) in [5, 5.41) is 8.75. The van der Waals surface area contributed by atoms with Crippen LogP contribution in [-0.2, 0) is 0 Å². The zero-order valence-electron chi connectivity index (χ0n) is 17.7. The van der Waals surface area contributed by atoms with Crippen LogP contribution in [0.4, 0.5) is 5.69 Å². The SMILES string of the molecule is O=C(NC(=S)Nc1ccc(-c2cc3ccccc3oc2=O)c(Cl)c1)c1cccc2ccccc12. The topological polar surface area (TPSA) is 71.3 Å². The lowest BCUT2D eigenvalue weighted by molar-refractivity contribution is 0.0979. The third kappa shape index (κ3) is 4.29. The number of nitrogens with one attached hydrogen (secondary N) is 2. The lowest BCUT2D eigenvalue weighted by atomic mass is 10.0. The van der Waals surface area contributed by atoms with Crippen molar-refractivity contribution in [3.63, 3.8) is 0 Å². The van der Waals surface area contributed by atoms with Crippen molar-refractivity contribution < 1.29 is 9.21 Å². The number of para-hydroxylation sites is 1. The second kappa shape index (κ2) is 9.09. The van der Waals surface area contributed by atoms with Crippen LogP contribution in [0.1, 0.15) is 10.4 Å². The van der Waals surface area contributed by atoms with Gasteiger partial charge in [0, 0.05) is 22.2 Å². The summed E-state index contributed by atoms with van der Waals surface area (Å²) in [7, 11) is 0. The molecular weight excluding hydrogens is 468 g/mol. The van der Waals surface area contributed by atoms with Gasteiger partial charge >= 0.3 is 5.63 Å². The van der Waals surface area contributed by atoms with Gasteiger partial charge in [0.25, 0.3) is 5.91 Å². The van der Waals surface area contributed by atoms with Crippen molar-refractivity contribution in [1.29, 1.82) is 0 Å². The Labute approximate surface area is 205 Å². The minimum Gasteiger partial charge on any atom is -0.422 e. The molecule has 5 aromatic rings. The molecule has 4 aromatic carbocycles. The van der Waals surface area contributed by atoms with Gasteiger partial charge in [-0.15, -0.1) is 0 Å². The first kappa shape index (κ1) is 21.8. The summed E-state index contributed by atoms with van der Waals surface area (Å²) < 4.78 is 5.42. The summed E-state index contributed by atoms with van der Waals surface area (Å²) in [5.41, 5.74) is 2.04. The second-order valence-corrected chi connectivity index (χ2v) is 8.43. The normalized spacial score (nSPS) is 10.9. The molecule has 0 aliphatic rings. The van der Waals surface area contributed by atoms with E-state index >= 15 is 0 Å². The van der Waals surface area contributed by atoms with Crippen LogP contribution in [-0.4, -0.2) is 11.0 Å². The molecule has 0 spiro atoms. The van der Waals surface area contributed by atoms with Crippen molar-refractivity contribution in [2.75, 3.05) is 5.32 Å². The lowest BCUT2D eigenvalue weighted by Crippen LogP contribution is -2.34. The summed E-state index contributed by atoms with van der Waals surface area (Å²) in [6.45, 7) is 0. The molecule has 0 saturated heterocycles. The Bertz CT molecular complexity index is 1640. The average Bonchev–Trinajstić information content (AvgIpc) is 2.83. The number of hydrogen-bond acceptors (Lipinski definition) is 4. The molecule has 0 atom stereocenters. The first-order valence-electron chi connectivity index (χ1n) is 10.4. The number of hydrogen-bond donors (Lipinski definition) is 2. The molecule has 5 rings (SSSR count). The van der Waals surface area contributed by atoms with Gasteiger partial charge in [0.2, 0.25) is 0 Å². The fourth-order valence-electron chi connectivity index (χ4n) is 3.82. The van der Waals surface area contributed by atoms with Crippen LogP contribution in [0.2, 0.25) is 5.02 Å². The van der Waals surface area contributed by atoms with E-state index in [1.807, 2.05) is 48.5 Å². The van der Waals surface area contributed by atoms with E-state index in [1.165, 1.54) is 0 Å². The number of carbonyl (C=O) groups is 1. The maximum atomic E-state index is 12.8. The Balaban J connectivity index is 1.35. The molecular formula is C27H17ClN2O3S. The molecule has 5 nitrogen and oxygen atoms in total. The number of halogens is 1. The number of fused-ring (bicyclic) bond motifs is 2. The Morgan fingerprint density at radius 3 is 2.38 bits per heavy atom. The van der Waals surface area contributed by atoms with E-state index in [2.05, 4.69) is 10.6 Å². The summed E-state index contributed by atoms with van der Waals surface area (Å²) in [6.07, 6.45) is 0. The molecule has 2 N–H and O–H groups in total. The van der Waals surface area contributed by atoms with E-state index in [9.17, 15) is 9.59 Å². The molecule has 166 valence electrons. The third-order valence-corrected chi connectivity index (χ3v) is 5.94. The molecule has 0 bridgehead atoms. The van der Waals surface area contributed by atoms with Crippen molar-refractivity contribution in [2.45, 2.75) is 0 Å². The van der Waals surface area contributed by atoms with Crippen molar-refractivity contribution in [3.05, 3.63) is 112 Å². The minimum atomic E-state index is -0.473. The van der Waals surface area contributed by atoms with Gasteiger partial charge in [-0.1, -0.05) is 72.3 Å². The number of thiocarbonyl (C=S) groups is 1. The largest absolute Gasteiger partial charge is 0.422 e.